The van der Waals surface area contributed by atoms with E-state index in [0.29, 0.717) is 12.7 Å². The van der Waals surface area contributed by atoms with E-state index in [1.807, 2.05) is 6.08 Å². The quantitative estimate of drug-likeness (QED) is 0.643. The smallest absolute Gasteiger partial charge is 0.0648 e. The van der Waals surface area contributed by atoms with Gasteiger partial charge >= 0.3 is 0 Å². The minimum atomic E-state index is 0.488. The van der Waals surface area contributed by atoms with Gasteiger partial charge in [0.25, 0.3) is 0 Å². The number of hydrogen-bond acceptors (Lipinski definition) is 2. The monoisotopic (exact) mass is 167 g/mol. The molecule has 0 aromatic rings. The fourth-order valence-electron chi connectivity index (χ4n) is 2.35. The largest absolute Gasteiger partial charge is 0.374 e. The number of hydrogen-bond donors (Lipinski definition) is 1. The number of rotatable bonds is 3. The summed E-state index contributed by atoms with van der Waals surface area (Å²) in [6, 6.07) is 1.47. The van der Waals surface area contributed by atoms with Gasteiger partial charge in [0, 0.05) is 12.1 Å². The van der Waals surface area contributed by atoms with E-state index in [2.05, 4.69) is 11.9 Å². The first kappa shape index (κ1) is 8.27. The molecular weight excluding hydrogens is 150 g/mol. The first-order valence-corrected chi connectivity index (χ1v) is 4.87. The van der Waals surface area contributed by atoms with Crippen LogP contribution in [0.2, 0.25) is 0 Å². The number of ether oxygens (including phenoxy) is 1. The van der Waals surface area contributed by atoms with Crippen molar-refractivity contribution < 1.29 is 4.74 Å². The molecule has 1 N–H and O–H groups in total. The van der Waals surface area contributed by atoms with Crippen LogP contribution in [0.5, 0.6) is 0 Å². The van der Waals surface area contributed by atoms with E-state index in [-0.39, 0.29) is 0 Å². The maximum Gasteiger partial charge on any atom is 0.0648 e. The summed E-state index contributed by atoms with van der Waals surface area (Å²) in [6.07, 6.45) is 7.41. The van der Waals surface area contributed by atoms with Crippen LogP contribution in [0.25, 0.3) is 0 Å². The highest BCUT2D eigenvalue weighted by Gasteiger charge is 2.33. The lowest BCUT2D eigenvalue weighted by Crippen LogP contribution is -2.41. The average Bonchev–Trinajstić information content (AvgIpc) is 2.42. The fraction of sp³-hybridized carbons (Fsp3) is 0.800. The Morgan fingerprint density at radius 1 is 1.33 bits per heavy atom. The molecule has 2 rings (SSSR count). The van der Waals surface area contributed by atoms with Gasteiger partial charge in [-0.25, -0.2) is 0 Å². The van der Waals surface area contributed by atoms with E-state index in [4.69, 9.17) is 4.74 Å². The summed E-state index contributed by atoms with van der Waals surface area (Å²) in [7, 11) is 0. The Bertz CT molecular complexity index is 157. The number of fused-ring (bicyclic) bond motifs is 2. The Kier molecular flexibility index (Phi) is 2.47. The third kappa shape index (κ3) is 1.70. The maximum absolute atomic E-state index is 5.65. The predicted octanol–water partition coefficient (Wildman–Crippen LogP) is 1.47. The zero-order valence-electron chi connectivity index (χ0n) is 7.46. The van der Waals surface area contributed by atoms with Gasteiger partial charge in [-0.1, -0.05) is 6.08 Å². The second kappa shape index (κ2) is 3.58. The molecule has 2 unspecified atom stereocenters. The molecule has 2 atom stereocenters. The predicted molar refractivity (Wildman–Crippen MR) is 49.1 cm³/mol. The molecule has 2 heterocycles. The molecule has 0 saturated carbocycles. The first-order valence-electron chi connectivity index (χ1n) is 4.87. The normalized spacial score (nSPS) is 39.8. The van der Waals surface area contributed by atoms with Crippen molar-refractivity contribution in [1.82, 2.24) is 5.32 Å². The van der Waals surface area contributed by atoms with Crippen molar-refractivity contribution in [2.24, 2.45) is 0 Å². The highest BCUT2D eigenvalue weighted by atomic mass is 16.5. The summed E-state index contributed by atoms with van der Waals surface area (Å²) < 4.78 is 5.65. The highest BCUT2D eigenvalue weighted by molar-refractivity contribution is 4.92. The van der Waals surface area contributed by atoms with Crippen LogP contribution in [0.15, 0.2) is 12.7 Å². The Morgan fingerprint density at radius 2 is 2.00 bits per heavy atom. The van der Waals surface area contributed by atoms with Gasteiger partial charge in [-0.15, -0.1) is 6.58 Å². The van der Waals surface area contributed by atoms with Gasteiger partial charge in [0.05, 0.1) is 12.7 Å². The molecule has 2 fully saturated rings. The molecule has 2 saturated heterocycles. The van der Waals surface area contributed by atoms with Crippen molar-refractivity contribution in [3.05, 3.63) is 12.7 Å². The molecule has 2 heteroatoms. The highest BCUT2D eigenvalue weighted by Crippen LogP contribution is 2.28. The van der Waals surface area contributed by atoms with Crippen LogP contribution >= 0.6 is 0 Å². The molecule has 0 amide bonds. The van der Waals surface area contributed by atoms with Gasteiger partial charge in [-0.2, -0.15) is 0 Å². The summed E-state index contributed by atoms with van der Waals surface area (Å²) in [5, 5.41) is 3.59. The van der Waals surface area contributed by atoms with E-state index in [1.54, 1.807) is 0 Å². The van der Waals surface area contributed by atoms with Gasteiger partial charge in [-0.05, 0) is 25.7 Å². The van der Waals surface area contributed by atoms with Gasteiger partial charge in [-0.3, -0.25) is 0 Å². The fourth-order valence-corrected chi connectivity index (χ4v) is 2.35. The lowest BCUT2D eigenvalue weighted by molar-refractivity contribution is 0.0374. The molecule has 0 radical (unpaired) electrons. The molecule has 12 heavy (non-hydrogen) atoms. The lowest BCUT2D eigenvalue weighted by Gasteiger charge is -2.28. The zero-order valence-corrected chi connectivity index (χ0v) is 7.46. The molecule has 0 aromatic heterocycles. The second-order valence-electron chi connectivity index (χ2n) is 3.85. The Hall–Kier alpha value is -0.340. The molecule has 2 nitrogen and oxygen atoms in total. The van der Waals surface area contributed by atoms with Gasteiger partial charge in [0.2, 0.25) is 0 Å². The minimum absolute atomic E-state index is 0.488. The summed E-state index contributed by atoms with van der Waals surface area (Å²) in [5.41, 5.74) is 0. The van der Waals surface area contributed by atoms with Crippen LogP contribution in [-0.4, -0.2) is 24.8 Å². The average molecular weight is 167 g/mol. The lowest BCUT2D eigenvalue weighted by atomic mass is 10.0. The van der Waals surface area contributed by atoms with Crippen molar-refractivity contribution in [3.8, 4) is 0 Å². The molecule has 0 aromatic carbocycles. The van der Waals surface area contributed by atoms with Crippen LogP contribution in [-0.2, 0) is 4.74 Å². The molecule has 2 bridgehead atoms. The number of piperidine rings is 1. The van der Waals surface area contributed by atoms with Crippen LogP contribution in [0, 0.1) is 0 Å². The topological polar surface area (TPSA) is 21.3 Å². The van der Waals surface area contributed by atoms with Crippen LogP contribution in [0.4, 0.5) is 0 Å². The van der Waals surface area contributed by atoms with E-state index >= 15 is 0 Å². The summed E-state index contributed by atoms with van der Waals surface area (Å²) in [5.74, 6) is 0. The van der Waals surface area contributed by atoms with Crippen molar-refractivity contribution in [2.45, 2.75) is 43.9 Å². The molecular formula is C10H17NO. The Morgan fingerprint density at radius 3 is 2.58 bits per heavy atom. The number of nitrogens with one attached hydrogen (secondary N) is 1. The van der Waals surface area contributed by atoms with Gasteiger partial charge in [0.15, 0.2) is 0 Å². The third-order valence-electron chi connectivity index (χ3n) is 2.88. The maximum atomic E-state index is 5.65. The minimum Gasteiger partial charge on any atom is -0.374 e. The summed E-state index contributed by atoms with van der Waals surface area (Å²) in [6.45, 7) is 4.37. The summed E-state index contributed by atoms with van der Waals surface area (Å²) >= 11 is 0. The van der Waals surface area contributed by atoms with Crippen molar-refractivity contribution >= 4 is 0 Å². The zero-order chi connectivity index (χ0) is 8.39. The van der Waals surface area contributed by atoms with Crippen molar-refractivity contribution in [1.29, 1.82) is 0 Å². The molecule has 2 aliphatic rings. The third-order valence-corrected chi connectivity index (χ3v) is 2.88. The molecule has 0 spiro atoms. The van der Waals surface area contributed by atoms with E-state index in [0.717, 1.165) is 12.1 Å². The van der Waals surface area contributed by atoms with Crippen LogP contribution < -0.4 is 5.32 Å². The SMILES string of the molecule is C=CCOC1CC2CCC(C1)N2. The van der Waals surface area contributed by atoms with Crippen molar-refractivity contribution in [2.75, 3.05) is 6.61 Å². The molecule has 68 valence electrons. The van der Waals surface area contributed by atoms with Gasteiger partial charge in [0.1, 0.15) is 0 Å². The van der Waals surface area contributed by atoms with Crippen LogP contribution in [0.3, 0.4) is 0 Å². The van der Waals surface area contributed by atoms with E-state index in [1.165, 1.54) is 25.7 Å². The Balaban J connectivity index is 1.81. The Labute approximate surface area is 74.0 Å². The first-order chi connectivity index (χ1) is 5.88. The second-order valence-corrected chi connectivity index (χ2v) is 3.85. The van der Waals surface area contributed by atoms with Crippen molar-refractivity contribution in [3.63, 3.8) is 0 Å². The van der Waals surface area contributed by atoms with Crippen LogP contribution in [0.1, 0.15) is 25.7 Å². The van der Waals surface area contributed by atoms with Gasteiger partial charge < -0.3 is 10.1 Å². The van der Waals surface area contributed by atoms with E-state index < -0.39 is 0 Å². The standard InChI is InChI=1S/C10H17NO/c1-2-5-12-10-6-8-3-4-9(7-10)11-8/h2,8-11H,1,3-7H2. The van der Waals surface area contributed by atoms with E-state index in [9.17, 15) is 0 Å². The molecule has 0 aliphatic carbocycles. The summed E-state index contributed by atoms with van der Waals surface area (Å²) in [4.78, 5) is 0. The molecule has 2 aliphatic heterocycles.